The van der Waals surface area contributed by atoms with E-state index in [-0.39, 0.29) is 19.1 Å². The first-order valence-corrected chi connectivity index (χ1v) is 7.55. The summed E-state index contributed by atoms with van der Waals surface area (Å²) in [5.74, 6) is -1.10. The van der Waals surface area contributed by atoms with Crippen LogP contribution in [-0.2, 0) is 20.7 Å². The second-order valence-corrected chi connectivity index (χ2v) is 6.58. The van der Waals surface area contributed by atoms with E-state index in [9.17, 15) is 9.59 Å². The summed E-state index contributed by atoms with van der Waals surface area (Å²) < 4.78 is 5.16. The molecule has 1 aliphatic heterocycles. The molecule has 1 heterocycles. The number of carbonyl (C=O) groups is 2. The molecule has 1 fully saturated rings. The molecule has 6 heteroatoms. The predicted octanol–water partition coefficient (Wildman–Crippen LogP) is 2.22. The van der Waals surface area contributed by atoms with E-state index >= 15 is 0 Å². The fraction of sp³-hybridized carbons (Fsp3) is 0.500. The van der Waals surface area contributed by atoms with Crippen molar-refractivity contribution in [2.75, 3.05) is 19.7 Å². The van der Waals surface area contributed by atoms with Gasteiger partial charge in [-0.2, -0.15) is 0 Å². The molecule has 1 aromatic carbocycles. The molecule has 1 aliphatic rings. The molecule has 2 rings (SSSR count). The number of hydrogen-bond donors (Lipinski definition) is 1. The molecule has 0 saturated carbocycles. The zero-order chi connectivity index (χ0) is 16.3. The Morgan fingerprint density at radius 3 is 2.82 bits per heavy atom. The van der Waals surface area contributed by atoms with Gasteiger partial charge in [0.05, 0.1) is 13.2 Å². The quantitative estimate of drug-likeness (QED) is 0.921. The molecule has 0 spiro atoms. The molecule has 1 saturated heterocycles. The van der Waals surface area contributed by atoms with Crippen LogP contribution in [0, 0.1) is 5.41 Å². The molecule has 120 valence electrons. The van der Waals surface area contributed by atoms with Crippen LogP contribution >= 0.6 is 11.6 Å². The van der Waals surface area contributed by atoms with E-state index in [2.05, 4.69) is 0 Å². The van der Waals surface area contributed by atoms with Crippen LogP contribution in [0.25, 0.3) is 0 Å². The maximum atomic E-state index is 12.7. The third-order valence-corrected chi connectivity index (χ3v) is 3.98. The second-order valence-electron chi connectivity index (χ2n) is 6.14. The Morgan fingerprint density at radius 2 is 2.18 bits per heavy atom. The van der Waals surface area contributed by atoms with Crippen molar-refractivity contribution < 1.29 is 19.4 Å². The van der Waals surface area contributed by atoms with Gasteiger partial charge in [-0.25, -0.2) is 4.79 Å². The average molecular weight is 326 g/mol. The summed E-state index contributed by atoms with van der Waals surface area (Å²) >= 11 is 5.98. The van der Waals surface area contributed by atoms with Crippen LogP contribution in [0.15, 0.2) is 24.3 Å². The van der Waals surface area contributed by atoms with Gasteiger partial charge in [0.25, 0.3) is 0 Å². The van der Waals surface area contributed by atoms with Gasteiger partial charge in [0.15, 0.2) is 6.10 Å². The Balaban J connectivity index is 2.07. The standard InChI is InChI=1S/C16H20ClNO4/c1-16(2,9-11-4-3-5-12(17)8-11)15(21)18-6-7-22-13(10-18)14(19)20/h3-5,8,13H,6-7,9-10H2,1-2H3,(H,19,20)/t13-/m0/s1. The van der Waals surface area contributed by atoms with Crippen molar-refractivity contribution in [2.24, 2.45) is 5.41 Å². The monoisotopic (exact) mass is 325 g/mol. The third-order valence-electron chi connectivity index (χ3n) is 3.74. The Kier molecular flexibility index (Phi) is 5.08. The number of aliphatic carboxylic acids is 1. The van der Waals surface area contributed by atoms with Crippen molar-refractivity contribution >= 4 is 23.5 Å². The highest BCUT2D eigenvalue weighted by Gasteiger charge is 2.36. The molecule has 0 bridgehead atoms. The van der Waals surface area contributed by atoms with Gasteiger partial charge in [-0.1, -0.05) is 37.6 Å². The second kappa shape index (κ2) is 6.67. The smallest absolute Gasteiger partial charge is 0.334 e. The summed E-state index contributed by atoms with van der Waals surface area (Å²) in [6.45, 7) is 4.48. The number of benzene rings is 1. The molecule has 0 aliphatic carbocycles. The van der Waals surface area contributed by atoms with Crippen molar-refractivity contribution in [3.63, 3.8) is 0 Å². The minimum atomic E-state index is -1.04. The number of morpholine rings is 1. The summed E-state index contributed by atoms with van der Waals surface area (Å²) in [6, 6.07) is 7.42. The van der Waals surface area contributed by atoms with Crippen LogP contribution in [0.5, 0.6) is 0 Å². The molecule has 0 radical (unpaired) electrons. The first-order valence-electron chi connectivity index (χ1n) is 7.18. The first-order chi connectivity index (χ1) is 10.3. The number of carboxylic acids is 1. The number of rotatable bonds is 4. The summed E-state index contributed by atoms with van der Waals surface area (Å²) in [6.07, 6.45) is -0.402. The molecule has 1 aromatic rings. The van der Waals surface area contributed by atoms with Crippen molar-refractivity contribution in [1.29, 1.82) is 0 Å². The first kappa shape index (κ1) is 16.8. The lowest BCUT2D eigenvalue weighted by Crippen LogP contribution is -2.52. The predicted molar refractivity (Wildman–Crippen MR) is 82.9 cm³/mol. The van der Waals surface area contributed by atoms with E-state index in [0.717, 1.165) is 5.56 Å². The van der Waals surface area contributed by atoms with Crippen molar-refractivity contribution in [2.45, 2.75) is 26.4 Å². The lowest BCUT2D eigenvalue weighted by atomic mass is 9.84. The number of hydrogen-bond acceptors (Lipinski definition) is 3. The third kappa shape index (κ3) is 3.99. The van der Waals surface area contributed by atoms with Crippen molar-refractivity contribution in [3.8, 4) is 0 Å². The lowest BCUT2D eigenvalue weighted by molar-refractivity contribution is -0.162. The van der Waals surface area contributed by atoms with Gasteiger partial charge in [-0.3, -0.25) is 4.79 Å². The van der Waals surface area contributed by atoms with Gasteiger partial charge in [-0.15, -0.1) is 0 Å². The van der Waals surface area contributed by atoms with Gasteiger partial charge >= 0.3 is 5.97 Å². The van der Waals surface area contributed by atoms with E-state index in [0.29, 0.717) is 18.0 Å². The fourth-order valence-electron chi connectivity index (χ4n) is 2.64. The SMILES string of the molecule is CC(C)(Cc1cccc(Cl)c1)C(=O)N1CCO[C@H](C(=O)O)C1. The number of nitrogens with zero attached hydrogens (tertiary/aromatic N) is 1. The molecule has 0 unspecified atom stereocenters. The molecule has 1 amide bonds. The van der Waals surface area contributed by atoms with Crippen LogP contribution in [0.4, 0.5) is 0 Å². The number of carboxylic acid groups (broad SMARTS) is 1. The van der Waals surface area contributed by atoms with Crippen LogP contribution in [0.2, 0.25) is 5.02 Å². The summed E-state index contributed by atoms with van der Waals surface area (Å²) in [5, 5.41) is 9.67. The van der Waals surface area contributed by atoms with Crippen LogP contribution in [0.3, 0.4) is 0 Å². The van der Waals surface area contributed by atoms with Crippen LogP contribution in [0.1, 0.15) is 19.4 Å². The maximum Gasteiger partial charge on any atom is 0.334 e. The summed E-state index contributed by atoms with van der Waals surface area (Å²) in [7, 11) is 0. The average Bonchev–Trinajstić information content (AvgIpc) is 2.46. The number of halogens is 1. The maximum absolute atomic E-state index is 12.7. The lowest BCUT2D eigenvalue weighted by Gasteiger charge is -2.36. The minimum Gasteiger partial charge on any atom is -0.479 e. The Bertz CT molecular complexity index is 573. The van der Waals surface area contributed by atoms with Crippen LogP contribution < -0.4 is 0 Å². The van der Waals surface area contributed by atoms with E-state index in [1.807, 2.05) is 32.0 Å². The minimum absolute atomic E-state index is 0.0676. The molecule has 5 nitrogen and oxygen atoms in total. The molecule has 1 atom stereocenters. The number of ether oxygens (including phenoxy) is 1. The highest BCUT2D eigenvalue weighted by atomic mass is 35.5. The Hall–Kier alpha value is -1.59. The topological polar surface area (TPSA) is 66.8 Å². The Labute approximate surface area is 134 Å². The summed E-state index contributed by atoms with van der Waals surface area (Å²) in [4.78, 5) is 25.3. The number of amides is 1. The van der Waals surface area contributed by atoms with Crippen LogP contribution in [-0.4, -0.2) is 47.7 Å². The van der Waals surface area contributed by atoms with Gasteiger partial charge < -0.3 is 14.7 Å². The highest BCUT2D eigenvalue weighted by molar-refractivity contribution is 6.30. The van der Waals surface area contributed by atoms with Gasteiger partial charge in [-0.05, 0) is 24.1 Å². The van der Waals surface area contributed by atoms with Gasteiger partial charge in [0.2, 0.25) is 5.91 Å². The molecular weight excluding hydrogens is 306 g/mol. The van der Waals surface area contributed by atoms with E-state index in [1.165, 1.54) is 0 Å². The number of carbonyl (C=O) groups excluding carboxylic acids is 1. The highest BCUT2D eigenvalue weighted by Crippen LogP contribution is 2.27. The van der Waals surface area contributed by atoms with E-state index in [4.69, 9.17) is 21.4 Å². The molecule has 22 heavy (non-hydrogen) atoms. The van der Waals surface area contributed by atoms with Crippen molar-refractivity contribution in [1.82, 2.24) is 4.90 Å². The Morgan fingerprint density at radius 1 is 1.45 bits per heavy atom. The van der Waals surface area contributed by atoms with E-state index < -0.39 is 17.5 Å². The summed E-state index contributed by atoms with van der Waals surface area (Å²) in [5.41, 5.74) is 0.347. The van der Waals surface area contributed by atoms with Gasteiger partial charge in [0.1, 0.15) is 0 Å². The van der Waals surface area contributed by atoms with E-state index in [1.54, 1.807) is 11.0 Å². The largest absolute Gasteiger partial charge is 0.479 e. The zero-order valence-electron chi connectivity index (χ0n) is 12.7. The zero-order valence-corrected chi connectivity index (χ0v) is 13.5. The normalized spacial score (nSPS) is 19.0. The molecule has 0 aromatic heterocycles. The van der Waals surface area contributed by atoms with Gasteiger partial charge in [0, 0.05) is 17.0 Å². The molecular formula is C16H20ClNO4. The fourth-order valence-corrected chi connectivity index (χ4v) is 2.86. The van der Waals surface area contributed by atoms with Crippen molar-refractivity contribution in [3.05, 3.63) is 34.9 Å². The molecule has 1 N–H and O–H groups in total.